The van der Waals surface area contributed by atoms with Gasteiger partial charge >= 0.3 is 5.97 Å². The number of rotatable bonds is 5. The van der Waals surface area contributed by atoms with E-state index in [0.717, 1.165) is 34.1 Å². The van der Waals surface area contributed by atoms with E-state index < -0.39 is 5.97 Å². The van der Waals surface area contributed by atoms with Gasteiger partial charge in [0.25, 0.3) is 0 Å². The molecule has 19 heavy (non-hydrogen) atoms. The number of hydrogen-bond donors (Lipinski definition) is 2. The lowest BCUT2D eigenvalue weighted by Gasteiger charge is -2.08. The van der Waals surface area contributed by atoms with Gasteiger partial charge in [-0.15, -0.1) is 0 Å². The lowest BCUT2D eigenvalue weighted by atomic mass is 10.1. The molecule has 2 rings (SSSR count). The van der Waals surface area contributed by atoms with Crippen molar-refractivity contribution in [2.75, 3.05) is 11.9 Å². The summed E-state index contributed by atoms with van der Waals surface area (Å²) in [5.74, 6) is -0.0467. The summed E-state index contributed by atoms with van der Waals surface area (Å²) in [6, 6.07) is 5.84. The standard InChI is InChI=1S/C13H15N3O2S/c1-3-11-15-13(19-16-11)9-5-4-8(2)10(6-9)14-7-12(17)18/h4-6,14H,3,7H2,1-2H3,(H,17,18). The fourth-order valence-corrected chi connectivity index (χ4v) is 2.37. The summed E-state index contributed by atoms with van der Waals surface area (Å²) >= 11 is 1.36. The summed E-state index contributed by atoms with van der Waals surface area (Å²) in [5, 5.41) is 12.5. The summed E-state index contributed by atoms with van der Waals surface area (Å²) < 4.78 is 4.25. The summed E-state index contributed by atoms with van der Waals surface area (Å²) in [7, 11) is 0. The molecule has 2 N–H and O–H groups in total. The van der Waals surface area contributed by atoms with E-state index in [1.54, 1.807) is 0 Å². The Hall–Kier alpha value is -1.95. The molecule has 0 radical (unpaired) electrons. The van der Waals surface area contributed by atoms with E-state index in [1.807, 2.05) is 32.0 Å². The molecule has 2 aromatic rings. The van der Waals surface area contributed by atoms with E-state index in [-0.39, 0.29) is 6.54 Å². The number of anilines is 1. The summed E-state index contributed by atoms with van der Waals surface area (Å²) in [6.45, 7) is 3.85. The van der Waals surface area contributed by atoms with Crippen molar-refractivity contribution >= 4 is 23.2 Å². The molecule has 0 aliphatic heterocycles. The van der Waals surface area contributed by atoms with Crippen LogP contribution in [0.4, 0.5) is 5.69 Å². The van der Waals surface area contributed by atoms with Crippen LogP contribution in [0.15, 0.2) is 18.2 Å². The summed E-state index contributed by atoms with van der Waals surface area (Å²) in [6.07, 6.45) is 0.812. The molecule has 1 aromatic heterocycles. The van der Waals surface area contributed by atoms with Crippen LogP contribution in [0.25, 0.3) is 10.6 Å². The van der Waals surface area contributed by atoms with Crippen LogP contribution < -0.4 is 5.32 Å². The van der Waals surface area contributed by atoms with Gasteiger partial charge in [0.15, 0.2) is 0 Å². The molecule has 1 aromatic carbocycles. The van der Waals surface area contributed by atoms with Gasteiger partial charge in [0.1, 0.15) is 17.4 Å². The monoisotopic (exact) mass is 277 g/mol. The molecular weight excluding hydrogens is 262 g/mol. The van der Waals surface area contributed by atoms with Gasteiger partial charge in [0.2, 0.25) is 0 Å². The Morgan fingerprint density at radius 3 is 2.89 bits per heavy atom. The van der Waals surface area contributed by atoms with Gasteiger partial charge < -0.3 is 10.4 Å². The van der Waals surface area contributed by atoms with Gasteiger partial charge in [-0.2, -0.15) is 4.37 Å². The molecule has 0 saturated heterocycles. The normalized spacial score (nSPS) is 10.4. The number of aryl methyl sites for hydroxylation is 2. The third-order valence-electron chi connectivity index (χ3n) is 2.70. The average molecular weight is 277 g/mol. The Bertz CT molecular complexity index is 595. The highest BCUT2D eigenvalue weighted by molar-refractivity contribution is 7.09. The van der Waals surface area contributed by atoms with Crippen LogP contribution in [-0.4, -0.2) is 27.0 Å². The number of aliphatic carboxylic acids is 1. The van der Waals surface area contributed by atoms with Crippen molar-refractivity contribution in [3.8, 4) is 10.6 Å². The molecule has 0 aliphatic rings. The number of carboxylic acids is 1. The van der Waals surface area contributed by atoms with Crippen LogP contribution in [0.5, 0.6) is 0 Å². The second-order valence-electron chi connectivity index (χ2n) is 4.15. The van der Waals surface area contributed by atoms with Crippen molar-refractivity contribution in [2.45, 2.75) is 20.3 Å². The molecule has 0 atom stereocenters. The van der Waals surface area contributed by atoms with Crippen molar-refractivity contribution in [3.63, 3.8) is 0 Å². The minimum Gasteiger partial charge on any atom is -0.480 e. The molecule has 0 fully saturated rings. The molecule has 0 aliphatic carbocycles. The molecular formula is C13H15N3O2S. The molecule has 100 valence electrons. The molecule has 6 heteroatoms. The van der Waals surface area contributed by atoms with Gasteiger partial charge in [-0.25, -0.2) is 4.98 Å². The quantitative estimate of drug-likeness (QED) is 0.878. The second kappa shape index (κ2) is 5.79. The minimum absolute atomic E-state index is 0.0966. The van der Waals surface area contributed by atoms with Crippen molar-refractivity contribution in [1.82, 2.24) is 9.36 Å². The first-order valence-corrected chi connectivity index (χ1v) is 6.76. The van der Waals surface area contributed by atoms with Crippen molar-refractivity contribution in [3.05, 3.63) is 29.6 Å². The number of nitrogens with one attached hydrogen (secondary N) is 1. The number of carboxylic acid groups (broad SMARTS) is 1. The first kappa shape index (κ1) is 13.5. The zero-order valence-corrected chi connectivity index (χ0v) is 11.6. The van der Waals surface area contributed by atoms with Crippen LogP contribution in [0.2, 0.25) is 0 Å². The minimum atomic E-state index is -0.881. The van der Waals surface area contributed by atoms with Crippen molar-refractivity contribution in [1.29, 1.82) is 0 Å². The van der Waals surface area contributed by atoms with Crippen LogP contribution in [0.3, 0.4) is 0 Å². The third kappa shape index (κ3) is 3.29. The first-order valence-electron chi connectivity index (χ1n) is 5.99. The zero-order valence-electron chi connectivity index (χ0n) is 10.8. The Labute approximate surface area is 115 Å². The topological polar surface area (TPSA) is 75.1 Å². The molecule has 0 spiro atoms. The number of benzene rings is 1. The van der Waals surface area contributed by atoms with E-state index >= 15 is 0 Å². The fourth-order valence-electron chi connectivity index (χ4n) is 1.63. The van der Waals surface area contributed by atoms with Crippen molar-refractivity contribution < 1.29 is 9.90 Å². The largest absolute Gasteiger partial charge is 0.480 e. The Morgan fingerprint density at radius 2 is 2.26 bits per heavy atom. The van der Waals surface area contributed by atoms with Gasteiger partial charge in [-0.3, -0.25) is 4.79 Å². The number of nitrogens with zero attached hydrogens (tertiary/aromatic N) is 2. The summed E-state index contributed by atoms with van der Waals surface area (Å²) in [5.41, 5.74) is 2.77. The van der Waals surface area contributed by atoms with Crippen molar-refractivity contribution in [2.24, 2.45) is 0 Å². The number of carbonyl (C=O) groups is 1. The van der Waals surface area contributed by atoms with E-state index in [2.05, 4.69) is 14.7 Å². The number of hydrogen-bond acceptors (Lipinski definition) is 5. The highest BCUT2D eigenvalue weighted by atomic mass is 32.1. The van der Waals surface area contributed by atoms with Crippen LogP contribution in [0.1, 0.15) is 18.3 Å². The van der Waals surface area contributed by atoms with Gasteiger partial charge in [-0.1, -0.05) is 19.1 Å². The van der Waals surface area contributed by atoms with E-state index in [1.165, 1.54) is 11.5 Å². The van der Waals surface area contributed by atoms with Crippen LogP contribution in [-0.2, 0) is 11.2 Å². The van der Waals surface area contributed by atoms with Gasteiger partial charge in [-0.05, 0) is 30.1 Å². The fraction of sp³-hybridized carbons (Fsp3) is 0.308. The smallest absolute Gasteiger partial charge is 0.322 e. The molecule has 0 saturated carbocycles. The number of aromatic nitrogens is 2. The lowest BCUT2D eigenvalue weighted by Crippen LogP contribution is -2.13. The molecule has 0 amide bonds. The molecule has 1 heterocycles. The van der Waals surface area contributed by atoms with E-state index in [9.17, 15) is 4.79 Å². The third-order valence-corrected chi connectivity index (χ3v) is 3.50. The Balaban J connectivity index is 2.26. The van der Waals surface area contributed by atoms with Crippen LogP contribution >= 0.6 is 11.5 Å². The second-order valence-corrected chi connectivity index (χ2v) is 4.90. The molecule has 5 nitrogen and oxygen atoms in total. The van der Waals surface area contributed by atoms with E-state index in [0.29, 0.717) is 0 Å². The summed E-state index contributed by atoms with van der Waals surface area (Å²) in [4.78, 5) is 15.0. The predicted molar refractivity (Wildman–Crippen MR) is 75.6 cm³/mol. The van der Waals surface area contributed by atoms with Gasteiger partial charge in [0, 0.05) is 17.7 Å². The predicted octanol–water partition coefficient (Wildman–Crippen LogP) is 2.57. The highest BCUT2D eigenvalue weighted by Gasteiger charge is 2.08. The SMILES string of the molecule is CCc1nsc(-c2ccc(C)c(NCC(=O)O)c2)n1. The highest BCUT2D eigenvalue weighted by Crippen LogP contribution is 2.26. The zero-order chi connectivity index (χ0) is 13.8. The Morgan fingerprint density at radius 1 is 1.47 bits per heavy atom. The average Bonchev–Trinajstić information content (AvgIpc) is 2.86. The van der Waals surface area contributed by atoms with Crippen LogP contribution in [0, 0.1) is 6.92 Å². The molecule has 0 bridgehead atoms. The lowest BCUT2D eigenvalue weighted by molar-refractivity contribution is -0.134. The Kier molecular flexibility index (Phi) is 4.11. The molecule has 0 unspecified atom stereocenters. The maximum absolute atomic E-state index is 10.6. The van der Waals surface area contributed by atoms with E-state index in [4.69, 9.17) is 5.11 Å². The maximum Gasteiger partial charge on any atom is 0.322 e. The maximum atomic E-state index is 10.6. The first-order chi connectivity index (χ1) is 9.10. The van der Waals surface area contributed by atoms with Gasteiger partial charge in [0.05, 0.1) is 0 Å².